The maximum Gasteiger partial charge on any atom is 0.279 e. The van der Waals surface area contributed by atoms with Gasteiger partial charge >= 0.3 is 0 Å². The first-order valence-corrected chi connectivity index (χ1v) is 7.80. The van der Waals surface area contributed by atoms with Gasteiger partial charge < -0.3 is 10.2 Å². The van der Waals surface area contributed by atoms with E-state index in [2.05, 4.69) is 14.9 Å². The Morgan fingerprint density at radius 2 is 1.71 bits per heavy atom. The summed E-state index contributed by atoms with van der Waals surface area (Å²) in [6.45, 7) is 6.18. The van der Waals surface area contributed by atoms with Gasteiger partial charge in [-0.1, -0.05) is 0 Å². The van der Waals surface area contributed by atoms with E-state index in [0.29, 0.717) is 19.6 Å². The molecule has 0 aromatic carbocycles. The van der Waals surface area contributed by atoms with E-state index in [-0.39, 0.29) is 0 Å². The molecule has 0 bridgehead atoms. The molecule has 17 heavy (non-hydrogen) atoms. The lowest BCUT2D eigenvalue weighted by Gasteiger charge is -2.27. The number of hydrogen-bond acceptors (Lipinski definition) is 4. The van der Waals surface area contributed by atoms with Gasteiger partial charge in [-0.25, -0.2) is 4.72 Å². The van der Waals surface area contributed by atoms with Gasteiger partial charge in [0.15, 0.2) is 0 Å². The summed E-state index contributed by atoms with van der Waals surface area (Å²) in [6.07, 6.45) is 2.48. The third-order valence-electron chi connectivity index (χ3n) is 3.33. The quantitative estimate of drug-likeness (QED) is 0.655. The normalized spacial score (nSPS) is 24.2. The highest BCUT2D eigenvalue weighted by molar-refractivity contribution is 7.87. The molecule has 6 nitrogen and oxygen atoms in total. The highest BCUT2D eigenvalue weighted by atomic mass is 32.2. The van der Waals surface area contributed by atoms with Crippen molar-refractivity contribution < 1.29 is 8.42 Å². The second-order valence-electron chi connectivity index (χ2n) is 4.60. The monoisotopic (exact) mass is 262 g/mol. The first-order valence-electron chi connectivity index (χ1n) is 6.36. The summed E-state index contributed by atoms with van der Waals surface area (Å²) in [7, 11) is -3.26. The minimum Gasteiger partial charge on any atom is -0.314 e. The van der Waals surface area contributed by atoms with Crippen molar-refractivity contribution in [1.82, 2.24) is 19.2 Å². The average Bonchev–Trinajstić information content (AvgIpc) is 2.83. The first kappa shape index (κ1) is 13.2. The topological polar surface area (TPSA) is 64.7 Å². The van der Waals surface area contributed by atoms with Gasteiger partial charge in [-0.15, -0.1) is 0 Å². The molecule has 0 radical (unpaired) electrons. The number of piperazine rings is 1. The van der Waals surface area contributed by atoms with E-state index < -0.39 is 10.2 Å². The lowest BCUT2D eigenvalue weighted by molar-refractivity contribution is 0.333. The largest absolute Gasteiger partial charge is 0.314 e. The second-order valence-corrected chi connectivity index (χ2v) is 6.35. The fraction of sp³-hybridized carbons (Fsp3) is 1.00. The van der Waals surface area contributed by atoms with Crippen LogP contribution in [-0.2, 0) is 10.2 Å². The lowest BCUT2D eigenvalue weighted by Crippen LogP contribution is -2.51. The Hall–Kier alpha value is -0.210. The molecule has 7 heteroatoms. The minimum absolute atomic E-state index is 0.520. The molecule has 2 heterocycles. The second kappa shape index (κ2) is 6.10. The van der Waals surface area contributed by atoms with Crippen LogP contribution in [0, 0.1) is 0 Å². The van der Waals surface area contributed by atoms with Crippen molar-refractivity contribution in [2.45, 2.75) is 12.8 Å². The van der Waals surface area contributed by atoms with Gasteiger partial charge in [-0.2, -0.15) is 12.7 Å². The summed E-state index contributed by atoms with van der Waals surface area (Å²) in [4.78, 5) is 2.31. The van der Waals surface area contributed by atoms with Crippen LogP contribution < -0.4 is 10.0 Å². The van der Waals surface area contributed by atoms with Crippen molar-refractivity contribution in [1.29, 1.82) is 0 Å². The molecule has 0 atom stereocenters. The van der Waals surface area contributed by atoms with Crippen LogP contribution in [0.25, 0.3) is 0 Å². The zero-order valence-corrected chi connectivity index (χ0v) is 11.0. The van der Waals surface area contributed by atoms with Gasteiger partial charge in [0.25, 0.3) is 10.2 Å². The Bertz CT molecular complexity index is 321. The molecular weight excluding hydrogens is 240 g/mol. The third-order valence-corrected chi connectivity index (χ3v) is 4.94. The van der Waals surface area contributed by atoms with E-state index in [0.717, 1.165) is 32.7 Å². The molecule has 2 rings (SSSR count). The molecule has 2 fully saturated rings. The Morgan fingerprint density at radius 1 is 1.06 bits per heavy atom. The number of nitrogens with one attached hydrogen (secondary N) is 2. The Balaban J connectivity index is 1.72. The summed E-state index contributed by atoms with van der Waals surface area (Å²) >= 11 is 0. The zero-order valence-electron chi connectivity index (χ0n) is 10.2. The van der Waals surface area contributed by atoms with Gasteiger partial charge in [0.05, 0.1) is 0 Å². The predicted molar refractivity (Wildman–Crippen MR) is 67.0 cm³/mol. The summed E-state index contributed by atoms with van der Waals surface area (Å²) in [5.41, 5.74) is 0. The van der Waals surface area contributed by atoms with Gasteiger partial charge in [-0.3, -0.25) is 0 Å². The van der Waals surface area contributed by atoms with Crippen LogP contribution >= 0.6 is 0 Å². The summed E-state index contributed by atoms with van der Waals surface area (Å²) in [5.74, 6) is 0. The van der Waals surface area contributed by atoms with E-state index in [1.807, 2.05) is 0 Å². The lowest BCUT2D eigenvalue weighted by atomic mass is 10.4. The van der Waals surface area contributed by atoms with Crippen LogP contribution in [0.4, 0.5) is 0 Å². The predicted octanol–water partition coefficient (Wildman–Crippen LogP) is -1.18. The van der Waals surface area contributed by atoms with Gasteiger partial charge in [0.1, 0.15) is 0 Å². The standard InChI is InChI=1S/C10H22N4O2S/c15-17(16,14-9-3-11-4-10-14)12-5-8-13-6-1-2-7-13/h11-12H,1-10H2. The van der Waals surface area contributed by atoms with Crippen molar-refractivity contribution in [3.8, 4) is 0 Å². The fourth-order valence-electron chi connectivity index (χ4n) is 2.31. The zero-order chi connectivity index (χ0) is 12.1. The van der Waals surface area contributed by atoms with E-state index in [4.69, 9.17) is 0 Å². The van der Waals surface area contributed by atoms with Crippen LogP contribution in [0.2, 0.25) is 0 Å². The van der Waals surface area contributed by atoms with Crippen molar-refractivity contribution in [2.75, 3.05) is 52.4 Å². The van der Waals surface area contributed by atoms with E-state index >= 15 is 0 Å². The maximum atomic E-state index is 11.9. The molecule has 2 saturated heterocycles. The number of likely N-dealkylation sites (tertiary alicyclic amines) is 1. The van der Waals surface area contributed by atoms with E-state index in [1.54, 1.807) is 0 Å². The Morgan fingerprint density at radius 3 is 2.35 bits per heavy atom. The molecule has 0 spiro atoms. The fourth-order valence-corrected chi connectivity index (χ4v) is 3.51. The molecule has 2 aliphatic heterocycles. The Labute approximate surface area is 104 Å². The molecule has 0 amide bonds. The SMILES string of the molecule is O=S(=O)(NCCN1CCCC1)N1CCNCC1. The van der Waals surface area contributed by atoms with Crippen LogP contribution in [0.15, 0.2) is 0 Å². The smallest absolute Gasteiger partial charge is 0.279 e. The maximum absolute atomic E-state index is 11.9. The number of rotatable bonds is 5. The van der Waals surface area contributed by atoms with Crippen molar-refractivity contribution >= 4 is 10.2 Å². The Kier molecular flexibility index (Phi) is 4.75. The van der Waals surface area contributed by atoms with Crippen LogP contribution in [0.5, 0.6) is 0 Å². The van der Waals surface area contributed by atoms with Gasteiger partial charge in [0.2, 0.25) is 0 Å². The minimum atomic E-state index is -3.26. The third kappa shape index (κ3) is 3.89. The van der Waals surface area contributed by atoms with Crippen LogP contribution in [0.3, 0.4) is 0 Å². The van der Waals surface area contributed by atoms with E-state index in [9.17, 15) is 8.42 Å². The summed E-state index contributed by atoms with van der Waals surface area (Å²) < 4.78 is 28.1. The molecule has 0 unspecified atom stereocenters. The van der Waals surface area contributed by atoms with Crippen molar-refractivity contribution in [3.05, 3.63) is 0 Å². The van der Waals surface area contributed by atoms with Crippen molar-refractivity contribution in [3.63, 3.8) is 0 Å². The molecule has 2 N–H and O–H groups in total. The molecule has 0 saturated carbocycles. The van der Waals surface area contributed by atoms with E-state index in [1.165, 1.54) is 17.1 Å². The molecular formula is C10H22N4O2S. The summed E-state index contributed by atoms with van der Waals surface area (Å²) in [6, 6.07) is 0. The highest BCUT2D eigenvalue weighted by Crippen LogP contribution is 2.06. The van der Waals surface area contributed by atoms with Gasteiger partial charge in [-0.05, 0) is 25.9 Å². The molecule has 2 aliphatic rings. The summed E-state index contributed by atoms with van der Waals surface area (Å²) in [5, 5.41) is 3.15. The number of hydrogen-bond donors (Lipinski definition) is 2. The van der Waals surface area contributed by atoms with Crippen LogP contribution in [-0.4, -0.2) is 70.0 Å². The molecule has 100 valence electrons. The first-order chi connectivity index (χ1) is 8.18. The van der Waals surface area contributed by atoms with Crippen LogP contribution in [0.1, 0.15) is 12.8 Å². The average molecular weight is 262 g/mol. The van der Waals surface area contributed by atoms with Crippen molar-refractivity contribution in [2.24, 2.45) is 0 Å². The molecule has 0 aliphatic carbocycles. The molecule has 0 aromatic rings. The van der Waals surface area contributed by atoms with Gasteiger partial charge in [0, 0.05) is 39.3 Å². The highest BCUT2D eigenvalue weighted by Gasteiger charge is 2.23. The number of nitrogens with zero attached hydrogens (tertiary/aromatic N) is 2. The molecule has 0 aromatic heterocycles.